The molecule has 0 atom stereocenters. The average molecular weight is 523 g/mol. The van der Waals surface area contributed by atoms with E-state index in [1.54, 1.807) is 12.4 Å². The Morgan fingerprint density at radius 1 is 0.735 bits per heavy atom. The molecule has 0 radical (unpaired) electrons. The van der Waals surface area contributed by atoms with Crippen LogP contribution in [0.4, 0.5) is 0 Å². The van der Waals surface area contributed by atoms with Crippen LogP contribution < -0.4 is 10.6 Å². The van der Waals surface area contributed by atoms with Crippen molar-refractivity contribution in [3.63, 3.8) is 0 Å². The van der Waals surface area contributed by atoms with Crippen LogP contribution in [-0.2, 0) is 9.59 Å². The Morgan fingerprint density at radius 2 is 1.18 bits per heavy atom. The van der Waals surface area contributed by atoms with E-state index in [1.165, 1.54) is 23.5 Å². The number of nitrogens with zero attached hydrogens (tertiary/aromatic N) is 2. The van der Waals surface area contributed by atoms with Crippen LogP contribution in [0.1, 0.15) is 11.1 Å². The largest absolute Gasteiger partial charge is 0.346 e. The van der Waals surface area contributed by atoms with Gasteiger partial charge in [-0.25, -0.2) is 9.97 Å². The highest BCUT2D eigenvalue weighted by molar-refractivity contribution is 8.27. The molecular weight excluding hydrogens is 509 g/mol. The van der Waals surface area contributed by atoms with Crippen molar-refractivity contribution in [3.05, 3.63) is 70.0 Å². The number of thiocarbonyl (C=S) groups is 2. The molecule has 0 bridgehead atoms. The third-order valence-electron chi connectivity index (χ3n) is 4.82. The number of fused-ring (bicyclic) bond motifs is 2. The lowest BCUT2D eigenvalue weighted by Crippen LogP contribution is -2.17. The van der Waals surface area contributed by atoms with E-state index >= 15 is 0 Å². The van der Waals surface area contributed by atoms with Gasteiger partial charge in [-0.2, -0.15) is 0 Å². The minimum Gasteiger partial charge on any atom is -0.346 e. The molecule has 168 valence electrons. The molecule has 2 fully saturated rings. The molecule has 6 rings (SSSR count). The summed E-state index contributed by atoms with van der Waals surface area (Å²) in [6, 6.07) is 7.65. The minimum absolute atomic E-state index is 0.141. The number of rotatable bonds is 2. The number of hydrogen-bond acceptors (Lipinski definition) is 8. The highest BCUT2D eigenvalue weighted by Crippen LogP contribution is 2.29. The Kier molecular flexibility index (Phi) is 6.28. The SMILES string of the molecule is O=C1NC(=S)SC1=Cc1c[nH]c2ncccc12.O=C1NC(=S)SC1=Cc1c[nH]c2ncccc12. The first-order valence-corrected chi connectivity index (χ1v) is 12.3. The van der Waals surface area contributed by atoms with Gasteiger partial charge in [0.25, 0.3) is 11.8 Å². The van der Waals surface area contributed by atoms with Crippen molar-refractivity contribution in [1.82, 2.24) is 30.6 Å². The minimum atomic E-state index is -0.141. The van der Waals surface area contributed by atoms with Crippen molar-refractivity contribution in [2.75, 3.05) is 0 Å². The first-order valence-electron chi connectivity index (χ1n) is 9.82. The van der Waals surface area contributed by atoms with Gasteiger partial charge in [0.15, 0.2) is 0 Å². The van der Waals surface area contributed by atoms with Gasteiger partial charge >= 0.3 is 0 Å². The van der Waals surface area contributed by atoms with Crippen molar-refractivity contribution >= 4 is 103 Å². The smallest absolute Gasteiger partial charge is 0.263 e. The van der Waals surface area contributed by atoms with E-state index in [9.17, 15) is 9.59 Å². The van der Waals surface area contributed by atoms with E-state index < -0.39 is 0 Å². The number of nitrogens with one attached hydrogen (secondary N) is 4. The normalized spacial score (nSPS) is 18.0. The molecule has 4 aromatic rings. The maximum absolute atomic E-state index is 11.5. The Labute approximate surface area is 212 Å². The van der Waals surface area contributed by atoms with Crippen LogP contribution in [0.15, 0.2) is 58.9 Å². The fraction of sp³-hybridized carbons (Fsp3) is 0. The number of carbonyl (C=O) groups is 2. The van der Waals surface area contributed by atoms with E-state index in [-0.39, 0.29) is 11.8 Å². The zero-order valence-corrected chi connectivity index (χ0v) is 20.4. The highest BCUT2D eigenvalue weighted by atomic mass is 32.2. The molecule has 0 saturated carbocycles. The number of amides is 2. The third-order valence-corrected chi connectivity index (χ3v) is 7.15. The van der Waals surface area contributed by atoms with Crippen molar-refractivity contribution < 1.29 is 9.59 Å². The molecule has 0 spiro atoms. The monoisotopic (exact) mass is 522 g/mol. The topological polar surface area (TPSA) is 116 Å². The summed E-state index contributed by atoms with van der Waals surface area (Å²) in [4.78, 5) is 38.8. The van der Waals surface area contributed by atoms with Gasteiger partial charge in [-0.15, -0.1) is 0 Å². The summed E-state index contributed by atoms with van der Waals surface area (Å²) in [5.41, 5.74) is 3.50. The number of thioether (sulfide) groups is 2. The number of aromatic amines is 2. The molecule has 12 heteroatoms. The third kappa shape index (κ3) is 4.66. The van der Waals surface area contributed by atoms with E-state index in [2.05, 4.69) is 30.6 Å². The molecule has 6 heterocycles. The fourth-order valence-electron chi connectivity index (χ4n) is 3.32. The first-order chi connectivity index (χ1) is 16.5. The number of H-pyrrole nitrogens is 2. The van der Waals surface area contributed by atoms with Crippen molar-refractivity contribution in [2.24, 2.45) is 0 Å². The molecule has 2 amide bonds. The second kappa shape index (κ2) is 9.50. The van der Waals surface area contributed by atoms with Crippen molar-refractivity contribution in [3.8, 4) is 0 Å². The second-order valence-electron chi connectivity index (χ2n) is 6.99. The molecule has 2 aliphatic heterocycles. The molecule has 0 aliphatic carbocycles. The summed E-state index contributed by atoms with van der Waals surface area (Å²) in [5.74, 6) is -0.281. The van der Waals surface area contributed by atoms with E-state index in [0.29, 0.717) is 18.5 Å². The van der Waals surface area contributed by atoms with Gasteiger partial charge in [-0.3, -0.25) is 9.59 Å². The molecule has 2 aliphatic rings. The Balaban J connectivity index is 0.000000142. The molecule has 4 N–H and O–H groups in total. The fourth-order valence-corrected chi connectivity index (χ4v) is 5.39. The zero-order chi connectivity index (χ0) is 23.7. The molecular formula is C22H14N6O2S4. The quantitative estimate of drug-likeness (QED) is 0.230. The van der Waals surface area contributed by atoms with Crippen molar-refractivity contribution in [2.45, 2.75) is 0 Å². The Bertz CT molecular complexity index is 1440. The number of carbonyl (C=O) groups excluding carboxylic acids is 2. The number of hydrogen-bond donors (Lipinski definition) is 4. The van der Waals surface area contributed by atoms with Crippen LogP contribution in [0.2, 0.25) is 0 Å². The predicted octanol–water partition coefficient (Wildman–Crippen LogP) is 4.10. The Hall–Kier alpha value is -3.32. The van der Waals surface area contributed by atoms with E-state index in [0.717, 1.165) is 33.2 Å². The molecule has 8 nitrogen and oxygen atoms in total. The van der Waals surface area contributed by atoms with Crippen LogP contribution in [0, 0.1) is 0 Å². The summed E-state index contributed by atoms with van der Waals surface area (Å²) in [6.45, 7) is 0. The van der Waals surface area contributed by atoms with Crippen LogP contribution in [0.5, 0.6) is 0 Å². The van der Waals surface area contributed by atoms with Crippen LogP contribution in [0.25, 0.3) is 34.2 Å². The summed E-state index contributed by atoms with van der Waals surface area (Å²) in [5, 5.41) is 7.16. The second-order valence-corrected chi connectivity index (χ2v) is 10.4. The molecule has 4 aromatic heterocycles. The Morgan fingerprint density at radius 3 is 1.56 bits per heavy atom. The number of aromatic nitrogens is 4. The number of pyridine rings is 2. The predicted molar refractivity (Wildman–Crippen MR) is 145 cm³/mol. The summed E-state index contributed by atoms with van der Waals surface area (Å²) in [7, 11) is 0. The van der Waals surface area contributed by atoms with Gasteiger partial charge in [0, 0.05) is 46.7 Å². The molecule has 34 heavy (non-hydrogen) atoms. The van der Waals surface area contributed by atoms with Gasteiger partial charge in [0.05, 0.1) is 9.81 Å². The summed E-state index contributed by atoms with van der Waals surface area (Å²) < 4.78 is 0.999. The summed E-state index contributed by atoms with van der Waals surface area (Å²) >= 11 is 12.4. The lowest BCUT2D eigenvalue weighted by atomic mass is 10.2. The zero-order valence-electron chi connectivity index (χ0n) is 17.1. The standard InChI is InChI=1S/2C11H7N3OS2/c2*15-10-8(17-11(16)14-10)4-6-5-13-9-7(6)2-1-3-12-9/h2*1-5H,(H,12,13)(H,14,15,16). The van der Waals surface area contributed by atoms with Crippen LogP contribution >= 0.6 is 48.0 Å². The van der Waals surface area contributed by atoms with E-state index in [4.69, 9.17) is 24.4 Å². The van der Waals surface area contributed by atoms with Gasteiger partial charge in [-0.05, 0) is 36.4 Å². The van der Waals surface area contributed by atoms with E-state index in [1.807, 2.05) is 48.8 Å². The van der Waals surface area contributed by atoms with Gasteiger partial charge in [0.1, 0.15) is 19.9 Å². The van der Waals surface area contributed by atoms with Gasteiger partial charge < -0.3 is 20.6 Å². The van der Waals surface area contributed by atoms with Crippen LogP contribution in [0.3, 0.4) is 0 Å². The van der Waals surface area contributed by atoms with Gasteiger partial charge in [0.2, 0.25) is 0 Å². The maximum atomic E-state index is 11.5. The molecule has 0 unspecified atom stereocenters. The lowest BCUT2D eigenvalue weighted by Gasteiger charge is -1.92. The van der Waals surface area contributed by atoms with Gasteiger partial charge in [-0.1, -0.05) is 48.0 Å². The molecule has 0 aromatic carbocycles. The molecule has 2 saturated heterocycles. The van der Waals surface area contributed by atoms with Crippen molar-refractivity contribution in [1.29, 1.82) is 0 Å². The highest BCUT2D eigenvalue weighted by Gasteiger charge is 2.23. The lowest BCUT2D eigenvalue weighted by molar-refractivity contribution is -0.116. The maximum Gasteiger partial charge on any atom is 0.263 e. The average Bonchev–Trinajstić information content (AvgIpc) is 3.57. The summed E-state index contributed by atoms with van der Waals surface area (Å²) in [6.07, 6.45) is 10.8. The van der Waals surface area contributed by atoms with Crippen LogP contribution in [-0.4, -0.2) is 40.4 Å². The first kappa shape index (κ1) is 22.5.